The summed E-state index contributed by atoms with van der Waals surface area (Å²) in [7, 11) is 1.72. The fourth-order valence-corrected chi connectivity index (χ4v) is 4.19. The average Bonchev–Trinajstić information content (AvgIpc) is 3.59. The van der Waals surface area contributed by atoms with Crippen LogP contribution in [0.25, 0.3) is 0 Å². The Hall–Kier alpha value is -2.40. The summed E-state index contributed by atoms with van der Waals surface area (Å²) >= 11 is 0. The first-order valence-electron chi connectivity index (χ1n) is 10.3. The highest BCUT2D eigenvalue weighted by Gasteiger charge is 2.35. The SMILES string of the molecule is COc1ccccc1CN1CCC[C@H]([C@@H](NC(=O)C2CC2)c2ccccn2)C1. The van der Waals surface area contributed by atoms with E-state index in [9.17, 15) is 4.79 Å². The molecule has 2 aromatic rings. The Morgan fingerprint density at radius 3 is 2.79 bits per heavy atom. The molecule has 1 aromatic heterocycles. The number of likely N-dealkylation sites (tertiary alicyclic amines) is 1. The normalized spacial score (nSPS) is 21.1. The molecule has 2 fully saturated rings. The van der Waals surface area contributed by atoms with E-state index in [4.69, 9.17) is 4.74 Å². The van der Waals surface area contributed by atoms with Gasteiger partial charge in [0.1, 0.15) is 5.75 Å². The molecular formula is C23H29N3O2. The molecule has 0 unspecified atom stereocenters. The zero-order chi connectivity index (χ0) is 19.3. The summed E-state index contributed by atoms with van der Waals surface area (Å²) in [5.41, 5.74) is 2.18. The van der Waals surface area contributed by atoms with Crippen molar-refractivity contribution in [1.29, 1.82) is 0 Å². The Kier molecular flexibility index (Phi) is 5.91. The van der Waals surface area contributed by atoms with Crippen molar-refractivity contribution in [2.75, 3.05) is 20.2 Å². The second-order valence-corrected chi connectivity index (χ2v) is 7.96. The zero-order valence-electron chi connectivity index (χ0n) is 16.5. The number of piperidine rings is 1. The number of benzene rings is 1. The number of methoxy groups -OCH3 is 1. The lowest BCUT2D eigenvalue weighted by atomic mass is 9.88. The minimum Gasteiger partial charge on any atom is -0.496 e. The maximum absolute atomic E-state index is 12.5. The molecular weight excluding hydrogens is 350 g/mol. The van der Waals surface area contributed by atoms with Crippen LogP contribution in [0.15, 0.2) is 48.7 Å². The van der Waals surface area contributed by atoms with Gasteiger partial charge in [0.15, 0.2) is 0 Å². The van der Waals surface area contributed by atoms with Gasteiger partial charge in [-0.2, -0.15) is 0 Å². The van der Waals surface area contributed by atoms with Gasteiger partial charge in [0.2, 0.25) is 5.91 Å². The second-order valence-electron chi connectivity index (χ2n) is 7.96. The number of hydrogen-bond donors (Lipinski definition) is 1. The number of nitrogens with one attached hydrogen (secondary N) is 1. The predicted molar refractivity (Wildman–Crippen MR) is 109 cm³/mol. The molecule has 1 N–H and O–H groups in total. The third kappa shape index (κ3) is 4.53. The van der Waals surface area contributed by atoms with Gasteiger partial charge in [-0.3, -0.25) is 14.7 Å². The summed E-state index contributed by atoms with van der Waals surface area (Å²) in [6, 6.07) is 14.2. The van der Waals surface area contributed by atoms with Crippen molar-refractivity contribution in [2.45, 2.75) is 38.3 Å². The molecule has 1 saturated carbocycles. The van der Waals surface area contributed by atoms with E-state index in [0.717, 1.165) is 56.8 Å². The Balaban J connectivity index is 1.49. The van der Waals surface area contributed by atoms with Crippen LogP contribution in [0, 0.1) is 11.8 Å². The standard InChI is InChI=1S/C23H29N3O2/c1-28-21-10-3-2-7-18(21)15-26-14-6-8-19(16-26)22(20-9-4-5-13-24-20)25-23(27)17-11-12-17/h2-5,7,9-10,13,17,19,22H,6,8,11-12,14-16H2,1H3,(H,25,27)/t19-,22+/m0/s1. The number of para-hydroxylation sites is 1. The topological polar surface area (TPSA) is 54.5 Å². The third-order valence-electron chi connectivity index (χ3n) is 5.85. The number of hydrogen-bond acceptors (Lipinski definition) is 4. The molecule has 2 heterocycles. The zero-order valence-corrected chi connectivity index (χ0v) is 16.5. The highest BCUT2D eigenvalue weighted by molar-refractivity contribution is 5.81. The van der Waals surface area contributed by atoms with Crippen LogP contribution in [-0.2, 0) is 11.3 Å². The first kappa shape index (κ1) is 18.9. The van der Waals surface area contributed by atoms with Gasteiger partial charge < -0.3 is 10.1 Å². The highest BCUT2D eigenvalue weighted by atomic mass is 16.5. The maximum Gasteiger partial charge on any atom is 0.223 e. The van der Waals surface area contributed by atoms with E-state index in [1.807, 2.05) is 36.5 Å². The first-order chi connectivity index (χ1) is 13.7. The van der Waals surface area contributed by atoms with E-state index in [0.29, 0.717) is 5.92 Å². The van der Waals surface area contributed by atoms with Crippen LogP contribution in [0.3, 0.4) is 0 Å². The van der Waals surface area contributed by atoms with Crippen LogP contribution in [0.5, 0.6) is 5.75 Å². The lowest BCUT2D eigenvalue weighted by Crippen LogP contribution is -2.43. The second kappa shape index (κ2) is 8.74. The van der Waals surface area contributed by atoms with Crippen LogP contribution in [-0.4, -0.2) is 36.0 Å². The fourth-order valence-electron chi connectivity index (χ4n) is 4.19. The predicted octanol–water partition coefficient (Wildman–Crippen LogP) is 3.57. The quantitative estimate of drug-likeness (QED) is 0.799. The molecule has 148 valence electrons. The lowest BCUT2D eigenvalue weighted by molar-refractivity contribution is -0.123. The number of carbonyl (C=O) groups is 1. The summed E-state index contributed by atoms with van der Waals surface area (Å²) < 4.78 is 5.52. The molecule has 1 aliphatic heterocycles. The number of pyridine rings is 1. The van der Waals surface area contributed by atoms with E-state index < -0.39 is 0 Å². The van der Waals surface area contributed by atoms with E-state index in [1.165, 1.54) is 5.56 Å². The van der Waals surface area contributed by atoms with Crippen LogP contribution >= 0.6 is 0 Å². The van der Waals surface area contributed by atoms with Crippen molar-refractivity contribution in [3.05, 3.63) is 59.9 Å². The van der Waals surface area contributed by atoms with Gasteiger partial charge in [-0.15, -0.1) is 0 Å². The first-order valence-corrected chi connectivity index (χ1v) is 10.3. The Morgan fingerprint density at radius 1 is 1.21 bits per heavy atom. The third-order valence-corrected chi connectivity index (χ3v) is 5.85. The number of nitrogens with zero attached hydrogens (tertiary/aromatic N) is 2. The molecule has 0 spiro atoms. The Bertz CT molecular complexity index is 791. The fraction of sp³-hybridized carbons (Fsp3) is 0.478. The van der Waals surface area contributed by atoms with E-state index >= 15 is 0 Å². The molecule has 2 atom stereocenters. The van der Waals surface area contributed by atoms with Gasteiger partial charge in [-0.25, -0.2) is 0 Å². The highest BCUT2D eigenvalue weighted by Crippen LogP contribution is 2.34. The largest absolute Gasteiger partial charge is 0.496 e. The summed E-state index contributed by atoms with van der Waals surface area (Å²) in [5, 5.41) is 3.32. The molecule has 5 nitrogen and oxygen atoms in total. The number of ether oxygens (including phenoxy) is 1. The number of aromatic nitrogens is 1. The Labute approximate surface area is 167 Å². The molecule has 28 heavy (non-hydrogen) atoms. The van der Waals surface area contributed by atoms with Crippen LogP contribution in [0.2, 0.25) is 0 Å². The van der Waals surface area contributed by atoms with Gasteiger partial charge >= 0.3 is 0 Å². The number of amides is 1. The molecule has 1 saturated heterocycles. The van der Waals surface area contributed by atoms with Crippen molar-refractivity contribution >= 4 is 5.91 Å². The Morgan fingerprint density at radius 2 is 2.04 bits per heavy atom. The summed E-state index contributed by atoms with van der Waals surface area (Å²) in [6.45, 7) is 2.89. The lowest BCUT2D eigenvalue weighted by Gasteiger charge is -2.37. The average molecular weight is 380 g/mol. The van der Waals surface area contributed by atoms with Crippen LogP contribution in [0.4, 0.5) is 0 Å². The molecule has 0 bridgehead atoms. The van der Waals surface area contributed by atoms with Crippen molar-refractivity contribution in [1.82, 2.24) is 15.2 Å². The summed E-state index contributed by atoms with van der Waals surface area (Å²) in [5.74, 6) is 1.70. The molecule has 1 aromatic carbocycles. The van der Waals surface area contributed by atoms with Gasteiger partial charge in [0.05, 0.1) is 18.8 Å². The van der Waals surface area contributed by atoms with Gasteiger partial charge in [0, 0.05) is 30.8 Å². The minimum atomic E-state index is -0.0187. The van der Waals surface area contributed by atoms with Gasteiger partial charge in [-0.1, -0.05) is 24.3 Å². The smallest absolute Gasteiger partial charge is 0.223 e. The van der Waals surface area contributed by atoms with Crippen molar-refractivity contribution in [3.8, 4) is 5.75 Å². The summed E-state index contributed by atoms with van der Waals surface area (Å²) in [6.07, 6.45) is 6.09. The number of rotatable bonds is 7. The molecule has 4 rings (SSSR count). The van der Waals surface area contributed by atoms with Crippen molar-refractivity contribution < 1.29 is 9.53 Å². The van der Waals surface area contributed by atoms with Crippen LogP contribution in [0.1, 0.15) is 43.0 Å². The van der Waals surface area contributed by atoms with Gasteiger partial charge in [-0.05, 0) is 56.3 Å². The number of carbonyl (C=O) groups excluding carboxylic acids is 1. The van der Waals surface area contributed by atoms with Crippen LogP contribution < -0.4 is 10.1 Å². The van der Waals surface area contributed by atoms with Gasteiger partial charge in [0.25, 0.3) is 0 Å². The molecule has 1 amide bonds. The summed E-state index contributed by atoms with van der Waals surface area (Å²) in [4.78, 5) is 19.6. The molecule has 5 heteroatoms. The minimum absolute atomic E-state index is 0.0187. The molecule has 0 radical (unpaired) electrons. The molecule has 2 aliphatic rings. The van der Waals surface area contributed by atoms with Crippen molar-refractivity contribution in [3.63, 3.8) is 0 Å². The maximum atomic E-state index is 12.5. The van der Waals surface area contributed by atoms with E-state index in [-0.39, 0.29) is 17.9 Å². The molecule has 1 aliphatic carbocycles. The van der Waals surface area contributed by atoms with E-state index in [1.54, 1.807) is 7.11 Å². The monoisotopic (exact) mass is 379 g/mol. The van der Waals surface area contributed by atoms with E-state index in [2.05, 4.69) is 27.3 Å². The van der Waals surface area contributed by atoms with Crippen molar-refractivity contribution in [2.24, 2.45) is 11.8 Å².